The van der Waals surface area contributed by atoms with Gasteiger partial charge in [0, 0.05) is 18.8 Å². The molecule has 1 amide bonds. The van der Waals surface area contributed by atoms with Crippen LogP contribution in [-0.4, -0.2) is 35.4 Å². The summed E-state index contributed by atoms with van der Waals surface area (Å²) in [4.78, 5) is 12.3. The minimum atomic E-state index is -3.13. The number of nitrogens with zero attached hydrogens (tertiary/aromatic N) is 2. The number of ether oxygens (including phenoxy) is 1. The molecule has 1 atom stereocenters. The second kappa shape index (κ2) is 8.91. The van der Waals surface area contributed by atoms with Gasteiger partial charge in [-0.15, -0.1) is 12.4 Å². The Morgan fingerprint density at radius 2 is 2.19 bits per heavy atom. The van der Waals surface area contributed by atoms with Crippen LogP contribution in [0.25, 0.3) is 0 Å². The van der Waals surface area contributed by atoms with Gasteiger partial charge in [0.25, 0.3) is 5.91 Å². The average Bonchev–Trinajstić information content (AvgIpc) is 3.08. The zero-order valence-electron chi connectivity index (χ0n) is 13.6. The maximum atomic E-state index is 13.2. The predicted molar refractivity (Wildman–Crippen MR) is 91.6 cm³/mol. The summed E-state index contributed by atoms with van der Waals surface area (Å²) >= 11 is 0. The van der Waals surface area contributed by atoms with Crippen molar-refractivity contribution < 1.29 is 22.7 Å². The van der Waals surface area contributed by atoms with Gasteiger partial charge in [-0.2, -0.15) is 13.9 Å². The van der Waals surface area contributed by atoms with Gasteiger partial charge in [0.15, 0.2) is 11.4 Å². The fourth-order valence-electron chi connectivity index (χ4n) is 2.70. The molecule has 1 aromatic heterocycles. The highest BCUT2D eigenvalue weighted by atomic mass is 35.5. The van der Waals surface area contributed by atoms with E-state index in [0.29, 0.717) is 0 Å². The van der Waals surface area contributed by atoms with E-state index in [2.05, 4.69) is 20.5 Å². The van der Waals surface area contributed by atoms with E-state index < -0.39 is 24.1 Å². The van der Waals surface area contributed by atoms with Gasteiger partial charge in [-0.25, -0.2) is 4.39 Å². The Morgan fingerprint density at radius 3 is 2.88 bits per heavy atom. The number of carbonyl (C=O) groups is 1. The fraction of sp³-hybridized carbons (Fsp3) is 0.375. The van der Waals surface area contributed by atoms with Crippen molar-refractivity contribution in [3.05, 3.63) is 42.0 Å². The molecule has 1 unspecified atom stereocenters. The number of amides is 1. The van der Waals surface area contributed by atoms with E-state index in [9.17, 15) is 18.0 Å². The third-order valence-electron chi connectivity index (χ3n) is 3.89. The monoisotopic (exact) mass is 390 g/mol. The first-order chi connectivity index (χ1) is 12.0. The molecule has 0 spiro atoms. The summed E-state index contributed by atoms with van der Waals surface area (Å²) in [7, 11) is 0. The lowest BCUT2D eigenvalue weighted by Crippen LogP contribution is -2.32. The van der Waals surface area contributed by atoms with Gasteiger partial charge in [0.1, 0.15) is 5.82 Å². The van der Waals surface area contributed by atoms with Gasteiger partial charge < -0.3 is 15.4 Å². The molecular formula is C16H18ClF3N4O2. The number of hydrogen-bond donors (Lipinski definition) is 2. The molecule has 3 rings (SSSR count). The summed E-state index contributed by atoms with van der Waals surface area (Å²) in [6, 6.07) is 4.70. The topological polar surface area (TPSA) is 68.2 Å². The number of benzene rings is 1. The van der Waals surface area contributed by atoms with E-state index >= 15 is 0 Å². The molecule has 10 heteroatoms. The number of hydrogen-bond acceptors (Lipinski definition) is 4. The number of anilines is 1. The maximum absolute atomic E-state index is 13.2. The van der Waals surface area contributed by atoms with Gasteiger partial charge in [-0.3, -0.25) is 9.48 Å². The Bertz CT molecular complexity index is 751. The highest BCUT2D eigenvalue weighted by Crippen LogP contribution is 2.27. The molecule has 6 nitrogen and oxygen atoms in total. The zero-order chi connectivity index (χ0) is 17.8. The number of halogens is 4. The number of carbonyl (C=O) groups excluding carboxylic acids is 1. The van der Waals surface area contributed by atoms with Crippen molar-refractivity contribution in [3.8, 4) is 5.75 Å². The van der Waals surface area contributed by atoms with Gasteiger partial charge >= 0.3 is 6.61 Å². The van der Waals surface area contributed by atoms with Crippen LogP contribution < -0.4 is 15.4 Å². The molecule has 2 aromatic rings. The molecule has 2 N–H and O–H groups in total. The first-order valence-electron chi connectivity index (χ1n) is 7.84. The van der Waals surface area contributed by atoms with Gasteiger partial charge in [-0.1, -0.05) is 0 Å². The number of nitrogens with one attached hydrogen (secondary N) is 2. The predicted octanol–water partition coefficient (Wildman–Crippen LogP) is 3.22. The van der Waals surface area contributed by atoms with Crippen molar-refractivity contribution in [1.29, 1.82) is 0 Å². The van der Waals surface area contributed by atoms with Crippen LogP contribution in [0.1, 0.15) is 29.4 Å². The van der Waals surface area contributed by atoms with Crippen LogP contribution in [-0.2, 0) is 0 Å². The van der Waals surface area contributed by atoms with E-state index in [1.54, 1.807) is 16.9 Å². The van der Waals surface area contributed by atoms with Crippen molar-refractivity contribution in [2.45, 2.75) is 25.5 Å². The quantitative estimate of drug-likeness (QED) is 0.822. The lowest BCUT2D eigenvalue weighted by atomic mass is 10.1. The van der Waals surface area contributed by atoms with Crippen molar-refractivity contribution in [1.82, 2.24) is 15.1 Å². The first kappa shape index (κ1) is 20.1. The largest absolute Gasteiger partial charge is 0.432 e. The lowest BCUT2D eigenvalue weighted by Gasteiger charge is -2.22. The molecule has 1 saturated heterocycles. The third kappa shape index (κ3) is 4.89. The van der Waals surface area contributed by atoms with E-state index in [1.165, 1.54) is 0 Å². The maximum Gasteiger partial charge on any atom is 0.387 e. The van der Waals surface area contributed by atoms with Crippen LogP contribution in [0.3, 0.4) is 0 Å². The highest BCUT2D eigenvalue weighted by molar-refractivity contribution is 6.03. The number of aromatic nitrogens is 2. The molecule has 0 bridgehead atoms. The van der Waals surface area contributed by atoms with E-state index in [4.69, 9.17) is 0 Å². The van der Waals surface area contributed by atoms with Crippen LogP contribution in [0, 0.1) is 5.82 Å². The molecule has 1 aliphatic heterocycles. The normalized spacial score (nSPS) is 16.8. The van der Waals surface area contributed by atoms with Crippen molar-refractivity contribution in [3.63, 3.8) is 0 Å². The van der Waals surface area contributed by atoms with E-state index in [1.807, 2.05) is 0 Å². The Labute approximate surface area is 154 Å². The van der Waals surface area contributed by atoms with Crippen LogP contribution in [0.5, 0.6) is 5.75 Å². The van der Waals surface area contributed by atoms with E-state index in [0.717, 1.165) is 44.1 Å². The Kier molecular flexibility index (Phi) is 6.87. The fourth-order valence-corrected chi connectivity index (χ4v) is 2.70. The molecule has 142 valence electrons. The second-order valence-corrected chi connectivity index (χ2v) is 5.65. The SMILES string of the molecule is Cl.O=C(Nc1ccc(F)cc1OC(F)F)c1ccn(C2CCCNC2)n1. The van der Waals surface area contributed by atoms with Crippen LogP contribution in [0.15, 0.2) is 30.5 Å². The molecule has 0 aliphatic carbocycles. The lowest BCUT2D eigenvalue weighted by molar-refractivity contribution is -0.0495. The van der Waals surface area contributed by atoms with Crippen molar-refractivity contribution in [2.24, 2.45) is 0 Å². The Hall–Kier alpha value is -2.26. The number of piperidine rings is 1. The molecule has 0 saturated carbocycles. The molecule has 1 fully saturated rings. The number of alkyl halides is 2. The Balaban J connectivity index is 0.00000243. The van der Waals surface area contributed by atoms with E-state index in [-0.39, 0.29) is 29.8 Å². The summed E-state index contributed by atoms with van der Waals surface area (Å²) in [5.74, 6) is -1.78. The van der Waals surface area contributed by atoms with Gasteiger partial charge in [-0.05, 0) is 37.6 Å². The molecule has 1 aromatic carbocycles. The molecular weight excluding hydrogens is 373 g/mol. The Morgan fingerprint density at radius 1 is 1.38 bits per heavy atom. The zero-order valence-corrected chi connectivity index (χ0v) is 14.4. The smallest absolute Gasteiger partial charge is 0.387 e. The second-order valence-electron chi connectivity index (χ2n) is 5.65. The number of rotatable bonds is 5. The van der Waals surface area contributed by atoms with Crippen molar-refractivity contribution >= 4 is 24.0 Å². The van der Waals surface area contributed by atoms with Crippen LogP contribution in [0.4, 0.5) is 18.9 Å². The molecule has 0 radical (unpaired) electrons. The summed E-state index contributed by atoms with van der Waals surface area (Å²) < 4.78 is 44.0. The third-order valence-corrected chi connectivity index (χ3v) is 3.89. The summed E-state index contributed by atoms with van der Waals surface area (Å²) in [6.45, 7) is -1.40. The summed E-state index contributed by atoms with van der Waals surface area (Å²) in [5.41, 5.74) is 0.0819. The van der Waals surface area contributed by atoms with Gasteiger partial charge in [0.05, 0.1) is 11.7 Å². The molecule has 1 aliphatic rings. The van der Waals surface area contributed by atoms with Crippen molar-refractivity contribution in [2.75, 3.05) is 18.4 Å². The van der Waals surface area contributed by atoms with Crippen LogP contribution in [0.2, 0.25) is 0 Å². The van der Waals surface area contributed by atoms with Gasteiger partial charge in [0.2, 0.25) is 0 Å². The molecule has 26 heavy (non-hydrogen) atoms. The van der Waals surface area contributed by atoms with Crippen LogP contribution >= 0.6 is 12.4 Å². The molecule has 2 heterocycles. The summed E-state index contributed by atoms with van der Waals surface area (Å²) in [6.07, 6.45) is 3.68. The first-order valence-corrected chi connectivity index (χ1v) is 7.84. The minimum Gasteiger partial charge on any atom is -0.432 e. The minimum absolute atomic E-state index is 0. The summed E-state index contributed by atoms with van der Waals surface area (Å²) in [5, 5.41) is 9.92. The average molecular weight is 391 g/mol. The highest BCUT2D eigenvalue weighted by Gasteiger charge is 2.19. The standard InChI is InChI=1S/C16H17F3N4O2.ClH/c17-10-3-4-12(14(8-10)25-16(18)19)21-15(24)13-5-7-23(22-13)11-2-1-6-20-9-11;/h3-5,7-8,11,16,20H,1-2,6,9H2,(H,21,24);1H.